The number of methoxy groups -OCH3 is 1. The van der Waals surface area contributed by atoms with Crippen molar-refractivity contribution in [3.8, 4) is 16.9 Å². The lowest BCUT2D eigenvalue weighted by Crippen LogP contribution is -2.42. The maximum Gasteiger partial charge on any atom is 0.410 e. The first-order valence-electron chi connectivity index (χ1n) is 10.4. The minimum absolute atomic E-state index is 0.0654. The molecule has 1 fully saturated rings. The van der Waals surface area contributed by atoms with Crippen LogP contribution < -0.4 is 10.1 Å². The van der Waals surface area contributed by atoms with Gasteiger partial charge >= 0.3 is 6.09 Å². The second-order valence-corrected chi connectivity index (χ2v) is 8.57. The number of aromatic nitrogens is 4. The largest absolute Gasteiger partial charge is 0.496 e. The average molecular weight is 425 g/mol. The molecule has 0 radical (unpaired) electrons. The van der Waals surface area contributed by atoms with E-state index in [-0.39, 0.29) is 12.1 Å². The lowest BCUT2D eigenvalue weighted by Gasteiger charge is -2.28. The first-order valence-corrected chi connectivity index (χ1v) is 10.4. The van der Waals surface area contributed by atoms with Crippen molar-refractivity contribution in [1.82, 2.24) is 24.5 Å². The molecule has 164 valence electrons. The smallest absolute Gasteiger partial charge is 0.410 e. The Bertz CT molecular complexity index is 1070. The van der Waals surface area contributed by atoms with Crippen LogP contribution in [0.5, 0.6) is 5.75 Å². The van der Waals surface area contributed by atoms with E-state index in [1.54, 1.807) is 30.2 Å². The molecule has 1 atom stereocenters. The van der Waals surface area contributed by atoms with E-state index >= 15 is 0 Å². The zero-order valence-electron chi connectivity index (χ0n) is 18.3. The van der Waals surface area contributed by atoms with Crippen LogP contribution in [0, 0.1) is 0 Å². The number of carbonyl (C=O) groups excluding carboxylic acids is 1. The summed E-state index contributed by atoms with van der Waals surface area (Å²) < 4.78 is 12.7. The van der Waals surface area contributed by atoms with Crippen LogP contribution in [0.1, 0.15) is 33.6 Å². The van der Waals surface area contributed by atoms with Gasteiger partial charge in [-0.3, -0.25) is 4.98 Å². The Morgan fingerprint density at radius 2 is 2.10 bits per heavy atom. The highest BCUT2D eigenvalue weighted by Crippen LogP contribution is 2.31. The van der Waals surface area contributed by atoms with E-state index in [1.165, 1.54) is 0 Å². The summed E-state index contributed by atoms with van der Waals surface area (Å²) in [5.74, 6) is 1.43. The molecule has 9 heteroatoms. The summed E-state index contributed by atoms with van der Waals surface area (Å²) in [4.78, 5) is 23.3. The molecular formula is C22H28N6O3. The molecule has 1 amide bonds. The van der Waals surface area contributed by atoms with Crippen molar-refractivity contribution in [1.29, 1.82) is 0 Å². The zero-order valence-corrected chi connectivity index (χ0v) is 18.3. The van der Waals surface area contributed by atoms with Crippen LogP contribution in [0.15, 0.2) is 36.9 Å². The van der Waals surface area contributed by atoms with Crippen molar-refractivity contribution >= 4 is 17.6 Å². The third-order valence-electron chi connectivity index (χ3n) is 5.18. The van der Waals surface area contributed by atoms with E-state index in [0.717, 1.165) is 24.0 Å². The molecule has 0 aliphatic carbocycles. The van der Waals surface area contributed by atoms with E-state index in [1.807, 2.05) is 44.0 Å². The number of hydrogen-bond donors (Lipinski definition) is 1. The van der Waals surface area contributed by atoms with Crippen molar-refractivity contribution in [2.45, 2.75) is 45.3 Å². The van der Waals surface area contributed by atoms with Gasteiger partial charge in [0.15, 0.2) is 5.65 Å². The number of pyridine rings is 1. The van der Waals surface area contributed by atoms with Crippen LogP contribution in [-0.2, 0) is 4.74 Å². The van der Waals surface area contributed by atoms with Gasteiger partial charge < -0.3 is 19.7 Å². The zero-order chi connectivity index (χ0) is 22.0. The molecule has 3 aromatic rings. The van der Waals surface area contributed by atoms with Gasteiger partial charge in [0, 0.05) is 37.2 Å². The fourth-order valence-corrected chi connectivity index (χ4v) is 3.75. The second-order valence-electron chi connectivity index (χ2n) is 8.57. The number of nitrogens with zero attached hydrogens (tertiary/aromatic N) is 5. The molecule has 0 spiro atoms. The molecule has 31 heavy (non-hydrogen) atoms. The lowest BCUT2D eigenvalue weighted by atomic mass is 10.1. The van der Waals surface area contributed by atoms with Gasteiger partial charge in [-0.05, 0) is 45.7 Å². The fraction of sp³-hybridized carbons (Fsp3) is 0.455. The lowest BCUT2D eigenvalue weighted by molar-refractivity contribution is 0.0235. The molecule has 4 rings (SSSR count). The van der Waals surface area contributed by atoms with Crippen molar-refractivity contribution in [3.05, 3.63) is 36.9 Å². The van der Waals surface area contributed by atoms with Gasteiger partial charge in [0.05, 0.1) is 24.9 Å². The van der Waals surface area contributed by atoms with E-state index in [0.29, 0.717) is 30.3 Å². The first kappa shape index (κ1) is 20.9. The highest BCUT2D eigenvalue weighted by atomic mass is 16.6. The minimum Gasteiger partial charge on any atom is -0.496 e. The summed E-state index contributed by atoms with van der Waals surface area (Å²) in [6.07, 6.45) is 8.68. The predicted octanol–water partition coefficient (Wildman–Crippen LogP) is 3.61. The van der Waals surface area contributed by atoms with Crippen LogP contribution in [-0.4, -0.2) is 62.4 Å². The Balaban J connectivity index is 1.51. The third kappa shape index (κ3) is 4.55. The molecule has 1 saturated heterocycles. The summed E-state index contributed by atoms with van der Waals surface area (Å²) in [5, 5.41) is 7.77. The number of fused-ring (bicyclic) bond motifs is 1. The van der Waals surface area contributed by atoms with Gasteiger partial charge in [-0.1, -0.05) is 0 Å². The Kier molecular flexibility index (Phi) is 5.67. The van der Waals surface area contributed by atoms with Crippen LogP contribution in [0.4, 0.5) is 10.6 Å². The van der Waals surface area contributed by atoms with Crippen molar-refractivity contribution in [3.63, 3.8) is 0 Å². The maximum absolute atomic E-state index is 12.5. The predicted molar refractivity (Wildman–Crippen MR) is 117 cm³/mol. The summed E-state index contributed by atoms with van der Waals surface area (Å²) >= 11 is 0. The quantitative estimate of drug-likeness (QED) is 0.669. The minimum atomic E-state index is -0.504. The van der Waals surface area contributed by atoms with Gasteiger partial charge in [-0.25, -0.2) is 14.3 Å². The highest BCUT2D eigenvalue weighted by Gasteiger charge is 2.32. The molecule has 0 unspecified atom stereocenters. The Labute approximate surface area is 181 Å². The van der Waals surface area contributed by atoms with E-state index in [2.05, 4.69) is 15.4 Å². The van der Waals surface area contributed by atoms with Gasteiger partial charge in [0.25, 0.3) is 0 Å². The molecule has 1 aliphatic rings. The Morgan fingerprint density at radius 3 is 2.87 bits per heavy atom. The summed E-state index contributed by atoms with van der Waals surface area (Å²) in [6.45, 7) is 6.96. The molecular weight excluding hydrogens is 396 g/mol. The number of ether oxygens (including phenoxy) is 2. The molecule has 0 saturated carbocycles. The molecule has 1 N–H and O–H groups in total. The molecule has 4 heterocycles. The van der Waals surface area contributed by atoms with Crippen molar-refractivity contribution in [2.24, 2.45) is 0 Å². The molecule has 0 bridgehead atoms. The highest BCUT2D eigenvalue weighted by molar-refractivity contribution is 5.81. The second kappa shape index (κ2) is 8.41. The van der Waals surface area contributed by atoms with Gasteiger partial charge in [-0.2, -0.15) is 5.10 Å². The number of nitrogens with one attached hydrogen (secondary N) is 1. The van der Waals surface area contributed by atoms with Gasteiger partial charge in [0.2, 0.25) is 0 Å². The SMILES string of the molecule is COc1ccncc1-c1cnn2ccc(NC[C@@H]3CCCN3C(=O)OC(C)(C)C)nc12. The standard InChI is InChI=1S/C22H28N6O3/c1-22(2,3)31-21(29)27-10-5-6-15(27)12-24-19-8-11-28-20(26-19)17(14-25-28)16-13-23-9-7-18(16)30-4/h7-9,11,13-15H,5-6,10,12H2,1-4H3,(H,24,26)/t15-/m0/s1. The Morgan fingerprint density at radius 1 is 1.26 bits per heavy atom. The normalized spacial score (nSPS) is 16.5. The van der Waals surface area contributed by atoms with E-state index < -0.39 is 5.60 Å². The molecule has 3 aromatic heterocycles. The van der Waals surface area contributed by atoms with Crippen LogP contribution in [0.3, 0.4) is 0 Å². The van der Waals surface area contributed by atoms with Crippen LogP contribution in [0.2, 0.25) is 0 Å². The first-order chi connectivity index (χ1) is 14.9. The number of amides is 1. The van der Waals surface area contributed by atoms with Gasteiger partial charge in [-0.15, -0.1) is 0 Å². The van der Waals surface area contributed by atoms with Gasteiger partial charge in [0.1, 0.15) is 17.2 Å². The molecule has 9 nitrogen and oxygen atoms in total. The number of rotatable bonds is 5. The molecule has 0 aromatic carbocycles. The Hall–Kier alpha value is -3.36. The molecule has 1 aliphatic heterocycles. The maximum atomic E-state index is 12.5. The van der Waals surface area contributed by atoms with Crippen molar-refractivity contribution < 1.29 is 14.3 Å². The number of carbonyl (C=O) groups is 1. The van der Waals surface area contributed by atoms with E-state index in [4.69, 9.17) is 14.5 Å². The average Bonchev–Trinajstić information content (AvgIpc) is 3.37. The van der Waals surface area contributed by atoms with Crippen LogP contribution >= 0.6 is 0 Å². The number of likely N-dealkylation sites (tertiary alicyclic amines) is 1. The van der Waals surface area contributed by atoms with E-state index in [9.17, 15) is 4.79 Å². The topological polar surface area (TPSA) is 93.9 Å². The summed E-state index contributed by atoms with van der Waals surface area (Å²) in [6, 6.07) is 3.75. The summed E-state index contributed by atoms with van der Waals surface area (Å²) in [5.41, 5.74) is 1.86. The van der Waals surface area contributed by atoms with Crippen LogP contribution in [0.25, 0.3) is 16.8 Å². The monoisotopic (exact) mass is 424 g/mol. The fourth-order valence-electron chi connectivity index (χ4n) is 3.75. The third-order valence-corrected chi connectivity index (χ3v) is 5.18. The number of hydrogen-bond acceptors (Lipinski definition) is 7. The summed E-state index contributed by atoms with van der Waals surface area (Å²) in [7, 11) is 1.63. The number of anilines is 1. The van der Waals surface area contributed by atoms with Crippen molar-refractivity contribution in [2.75, 3.05) is 25.5 Å².